The molecule has 0 spiro atoms. The van der Waals surface area contributed by atoms with Gasteiger partial charge in [0.1, 0.15) is 6.61 Å². The fraction of sp³-hybridized carbons (Fsp3) is 0.667. The molecule has 34 heavy (non-hydrogen) atoms. The van der Waals surface area contributed by atoms with Crippen molar-refractivity contribution in [3.63, 3.8) is 0 Å². The molecule has 0 amide bonds. The van der Waals surface area contributed by atoms with Crippen LogP contribution in [0.4, 0.5) is 0 Å². The maximum absolute atomic E-state index is 11.1. The lowest BCUT2D eigenvalue weighted by Crippen LogP contribution is -2.08. The standard InChI is InChI=1S/C16H30O2.C6H10O3.C5H8O2/c1-4-5-6-7-8-9-10-11-12-13-14-18-16(17)15(2)3;1-5(2)6(8)9-4-3-7;1-4(2)5(6)7-3/h2,4-14H2,1,3H3;7H,1,3-4H2,2H3;1H2,2-3H3. The van der Waals surface area contributed by atoms with Crippen LogP contribution in [0.2, 0.25) is 0 Å². The normalized spacial score (nSPS) is 9.35. The average molecular weight is 485 g/mol. The summed E-state index contributed by atoms with van der Waals surface area (Å²) in [4.78, 5) is 31.7. The van der Waals surface area contributed by atoms with E-state index < -0.39 is 5.97 Å². The predicted molar refractivity (Wildman–Crippen MR) is 137 cm³/mol. The molecule has 0 aromatic rings. The van der Waals surface area contributed by atoms with Gasteiger partial charge in [0.05, 0.1) is 20.3 Å². The highest BCUT2D eigenvalue weighted by molar-refractivity contribution is 5.87. The summed E-state index contributed by atoms with van der Waals surface area (Å²) in [5, 5.41) is 8.19. The minimum Gasteiger partial charge on any atom is -0.466 e. The monoisotopic (exact) mass is 484 g/mol. The van der Waals surface area contributed by atoms with Gasteiger partial charge in [-0.1, -0.05) is 84.4 Å². The van der Waals surface area contributed by atoms with E-state index in [1.54, 1.807) is 20.8 Å². The van der Waals surface area contributed by atoms with Crippen molar-refractivity contribution in [2.24, 2.45) is 0 Å². The molecule has 0 saturated carbocycles. The Kier molecular flexibility index (Phi) is 28.5. The van der Waals surface area contributed by atoms with E-state index >= 15 is 0 Å². The summed E-state index contributed by atoms with van der Waals surface area (Å²) < 4.78 is 13.8. The molecule has 0 aliphatic rings. The first kappa shape index (κ1) is 36.2. The van der Waals surface area contributed by atoms with Crippen molar-refractivity contribution in [2.75, 3.05) is 26.9 Å². The smallest absolute Gasteiger partial charge is 0.333 e. The van der Waals surface area contributed by atoms with Crippen molar-refractivity contribution in [3.8, 4) is 0 Å². The van der Waals surface area contributed by atoms with Crippen LogP contribution in [0.3, 0.4) is 0 Å². The lowest BCUT2D eigenvalue weighted by atomic mass is 10.1. The molecule has 0 fully saturated rings. The first-order valence-corrected chi connectivity index (χ1v) is 12.0. The van der Waals surface area contributed by atoms with Crippen molar-refractivity contribution in [1.82, 2.24) is 0 Å². The molecule has 0 aliphatic heterocycles. The Hall–Kier alpha value is -2.41. The number of rotatable bonds is 16. The molecule has 198 valence electrons. The zero-order valence-electron chi connectivity index (χ0n) is 22.2. The van der Waals surface area contributed by atoms with E-state index in [-0.39, 0.29) is 25.2 Å². The van der Waals surface area contributed by atoms with E-state index in [1.807, 2.05) is 0 Å². The average Bonchev–Trinajstić information content (AvgIpc) is 2.80. The van der Waals surface area contributed by atoms with Gasteiger partial charge in [-0.25, -0.2) is 14.4 Å². The molecule has 0 unspecified atom stereocenters. The maximum Gasteiger partial charge on any atom is 0.333 e. The van der Waals surface area contributed by atoms with Crippen molar-refractivity contribution in [2.45, 2.75) is 91.9 Å². The Morgan fingerprint density at radius 2 is 0.971 bits per heavy atom. The Balaban J connectivity index is -0.000000497. The van der Waals surface area contributed by atoms with Crippen LogP contribution in [0.25, 0.3) is 0 Å². The third kappa shape index (κ3) is 29.6. The maximum atomic E-state index is 11.1. The summed E-state index contributed by atoms with van der Waals surface area (Å²) in [6.07, 6.45) is 13.0. The summed E-state index contributed by atoms with van der Waals surface area (Å²) in [7, 11) is 1.33. The first-order chi connectivity index (χ1) is 16.0. The van der Waals surface area contributed by atoms with Gasteiger partial charge in [0.25, 0.3) is 0 Å². The van der Waals surface area contributed by atoms with Gasteiger partial charge in [0, 0.05) is 16.7 Å². The van der Waals surface area contributed by atoms with Gasteiger partial charge in [0.15, 0.2) is 0 Å². The summed E-state index contributed by atoms with van der Waals surface area (Å²) >= 11 is 0. The molecule has 0 radical (unpaired) electrons. The van der Waals surface area contributed by atoms with Crippen molar-refractivity contribution < 1.29 is 33.7 Å². The number of hydrogen-bond donors (Lipinski definition) is 1. The molecule has 0 aromatic heterocycles. The Labute approximate surface area is 207 Å². The molecular formula is C27H48O7. The SMILES string of the molecule is C=C(C)C(=O)OC.C=C(C)C(=O)OCCCCCCCCCCCC.C=C(C)C(=O)OCCO. The summed E-state index contributed by atoms with van der Waals surface area (Å²) in [6.45, 7) is 17.8. The Bertz CT molecular complexity index is 594. The van der Waals surface area contributed by atoms with Gasteiger partial charge in [-0.2, -0.15) is 0 Å². The molecule has 0 saturated heterocycles. The molecule has 0 rings (SSSR count). The predicted octanol–water partition coefficient (Wildman–Crippen LogP) is 5.86. The van der Waals surface area contributed by atoms with Crippen LogP contribution in [0.5, 0.6) is 0 Å². The number of carbonyl (C=O) groups is 3. The third-order valence-corrected chi connectivity index (χ3v) is 4.29. The Morgan fingerprint density at radius 3 is 1.26 bits per heavy atom. The second kappa shape index (κ2) is 26.8. The third-order valence-electron chi connectivity index (χ3n) is 4.29. The molecule has 0 bridgehead atoms. The Morgan fingerprint density at radius 1 is 0.618 bits per heavy atom. The highest BCUT2D eigenvalue weighted by atomic mass is 16.5. The molecule has 0 aliphatic carbocycles. The van der Waals surface area contributed by atoms with Gasteiger partial charge in [-0.15, -0.1) is 0 Å². The lowest BCUT2D eigenvalue weighted by Gasteiger charge is -2.04. The second-order valence-electron chi connectivity index (χ2n) is 8.01. The van der Waals surface area contributed by atoms with Crippen LogP contribution in [0.1, 0.15) is 91.9 Å². The molecule has 0 atom stereocenters. The van der Waals surface area contributed by atoms with E-state index in [4.69, 9.17) is 9.84 Å². The number of unbranched alkanes of at least 4 members (excludes halogenated alkanes) is 9. The molecule has 1 N–H and O–H groups in total. The van der Waals surface area contributed by atoms with E-state index in [0.29, 0.717) is 23.3 Å². The van der Waals surface area contributed by atoms with Crippen molar-refractivity contribution in [3.05, 3.63) is 36.5 Å². The van der Waals surface area contributed by atoms with Gasteiger partial charge in [-0.3, -0.25) is 0 Å². The number of ether oxygens (including phenoxy) is 3. The fourth-order valence-corrected chi connectivity index (χ4v) is 2.31. The van der Waals surface area contributed by atoms with Gasteiger partial charge in [-0.05, 0) is 27.2 Å². The number of methoxy groups -OCH3 is 1. The zero-order valence-corrected chi connectivity index (χ0v) is 22.2. The van der Waals surface area contributed by atoms with Crippen LogP contribution < -0.4 is 0 Å². The van der Waals surface area contributed by atoms with E-state index in [2.05, 4.69) is 36.1 Å². The highest BCUT2D eigenvalue weighted by Crippen LogP contribution is 2.10. The van der Waals surface area contributed by atoms with Gasteiger partial charge in [0.2, 0.25) is 0 Å². The molecule has 7 nitrogen and oxygen atoms in total. The fourth-order valence-electron chi connectivity index (χ4n) is 2.31. The minimum absolute atomic E-state index is 0.0473. The lowest BCUT2D eigenvalue weighted by molar-refractivity contribution is -0.140. The van der Waals surface area contributed by atoms with E-state index in [1.165, 1.54) is 64.9 Å². The number of esters is 3. The minimum atomic E-state index is -0.455. The second-order valence-corrected chi connectivity index (χ2v) is 8.01. The summed E-state index contributed by atoms with van der Waals surface area (Å²) in [5.74, 6) is -1.06. The molecular weight excluding hydrogens is 436 g/mol. The summed E-state index contributed by atoms with van der Waals surface area (Å²) in [5.41, 5.74) is 1.27. The number of hydrogen-bond acceptors (Lipinski definition) is 7. The first-order valence-electron chi connectivity index (χ1n) is 12.0. The van der Waals surface area contributed by atoms with E-state index in [0.717, 1.165) is 6.42 Å². The number of aliphatic hydroxyl groups excluding tert-OH is 1. The zero-order chi connectivity index (χ0) is 26.8. The van der Waals surface area contributed by atoms with Gasteiger partial charge < -0.3 is 19.3 Å². The highest BCUT2D eigenvalue weighted by Gasteiger charge is 2.02. The van der Waals surface area contributed by atoms with Crippen molar-refractivity contribution >= 4 is 17.9 Å². The van der Waals surface area contributed by atoms with Crippen LogP contribution >= 0.6 is 0 Å². The molecule has 0 aromatic carbocycles. The quantitative estimate of drug-likeness (QED) is 0.127. The van der Waals surface area contributed by atoms with Crippen molar-refractivity contribution in [1.29, 1.82) is 0 Å². The van der Waals surface area contributed by atoms with Crippen LogP contribution in [0.15, 0.2) is 36.5 Å². The van der Waals surface area contributed by atoms with Crippen LogP contribution in [0, 0.1) is 0 Å². The number of aliphatic hydroxyl groups is 1. The van der Waals surface area contributed by atoms with Crippen LogP contribution in [-0.4, -0.2) is 49.9 Å². The molecule has 7 heteroatoms. The van der Waals surface area contributed by atoms with Crippen LogP contribution in [-0.2, 0) is 28.6 Å². The number of carbonyl (C=O) groups excluding carboxylic acids is 3. The summed E-state index contributed by atoms with van der Waals surface area (Å²) in [6, 6.07) is 0. The largest absolute Gasteiger partial charge is 0.466 e. The van der Waals surface area contributed by atoms with E-state index in [9.17, 15) is 14.4 Å². The molecule has 0 heterocycles. The van der Waals surface area contributed by atoms with Gasteiger partial charge >= 0.3 is 17.9 Å². The topological polar surface area (TPSA) is 99.1 Å².